The molecule has 2 heterocycles. The maximum Gasteiger partial charge on any atom is 0.304 e. The number of morpholine rings is 1. The van der Waals surface area contributed by atoms with E-state index >= 15 is 0 Å². The van der Waals surface area contributed by atoms with Crippen molar-refractivity contribution in [3.8, 4) is 0 Å². The third kappa shape index (κ3) is 3.11. The average molecular weight is 300 g/mol. The van der Waals surface area contributed by atoms with Crippen LogP contribution in [0.3, 0.4) is 0 Å². The molecule has 0 aliphatic carbocycles. The lowest BCUT2D eigenvalue weighted by atomic mass is 10.1. The molecule has 1 saturated heterocycles. The summed E-state index contributed by atoms with van der Waals surface area (Å²) in [6, 6.07) is 1.47. The van der Waals surface area contributed by atoms with Crippen molar-refractivity contribution in [2.24, 2.45) is 0 Å². The summed E-state index contributed by atoms with van der Waals surface area (Å²) in [5, 5.41) is 21.5. The van der Waals surface area contributed by atoms with Crippen molar-refractivity contribution >= 4 is 22.0 Å². The third-order valence-corrected chi connectivity index (χ3v) is 4.53. The topological polar surface area (TPSA) is 75.8 Å². The maximum atomic E-state index is 11.2. The smallest absolute Gasteiger partial charge is 0.304 e. The van der Waals surface area contributed by atoms with Gasteiger partial charge in [0.05, 0.1) is 22.7 Å². The maximum absolute atomic E-state index is 11.2. The van der Waals surface area contributed by atoms with Gasteiger partial charge >= 0.3 is 5.69 Å². The second kappa shape index (κ2) is 5.31. The van der Waals surface area contributed by atoms with E-state index in [1.807, 2.05) is 25.7 Å². The molecule has 0 aromatic carbocycles. The molecular weight excluding hydrogens is 280 g/mol. The number of rotatable bonds is 3. The number of ether oxygens (including phenoxy) is 1. The first kappa shape index (κ1) is 15.2. The second-order valence-electron chi connectivity index (χ2n) is 5.84. The van der Waals surface area contributed by atoms with Crippen LogP contribution in [0, 0.1) is 10.1 Å². The average Bonchev–Trinajstić information content (AvgIpc) is 2.70. The largest absolute Gasteiger partial charge is 0.388 e. The zero-order valence-electron chi connectivity index (χ0n) is 12.1. The van der Waals surface area contributed by atoms with Crippen molar-refractivity contribution in [1.82, 2.24) is 0 Å². The summed E-state index contributed by atoms with van der Waals surface area (Å²) >= 11 is 1.28. The van der Waals surface area contributed by atoms with Gasteiger partial charge in [0.2, 0.25) is 0 Å². The predicted molar refractivity (Wildman–Crippen MR) is 78.4 cm³/mol. The number of nitrogens with zero attached hydrogens (tertiary/aromatic N) is 2. The standard InChI is InChI=1S/C13H20N2O4S/c1-8-6-14(7-13(3,4)19-8)12-10(15(17)18)5-11(20-12)9(2)16/h5,8-9,16H,6-7H2,1-4H3/t8?,9-/m1/s1. The van der Waals surface area contributed by atoms with Crippen LogP contribution in [0.25, 0.3) is 0 Å². The Balaban J connectivity index is 2.38. The minimum absolute atomic E-state index is 0.00968. The molecule has 1 unspecified atom stereocenters. The van der Waals surface area contributed by atoms with E-state index in [2.05, 4.69) is 0 Å². The number of hydrogen-bond donors (Lipinski definition) is 1. The van der Waals surface area contributed by atoms with E-state index in [1.54, 1.807) is 6.92 Å². The Bertz CT molecular complexity index is 512. The van der Waals surface area contributed by atoms with Gasteiger partial charge in [0.15, 0.2) is 5.00 Å². The first-order valence-electron chi connectivity index (χ1n) is 6.58. The summed E-state index contributed by atoms with van der Waals surface area (Å²) in [6.45, 7) is 8.74. The van der Waals surface area contributed by atoms with Crippen LogP contribution in [0.5, 0.6) is 0 Å². The zero-order valence-corrected chi connectivity index (χ0v) is 12.9. The zero-order chi connectivity index (χ0) is 15.1. The molecular formula is C13H20N2O4S. The highest BCUT2D eigenvalue weighted by atomic mass is 32.1. The third-order valence-electron chi connectivity index (χ3n) is 3.18. The molecule has 1 aromatic heterocycles. The van der Waals surface area contributed by atoms with Crippen molar-refractivity contribution in [1.29, 1.82) is 0 Å². The molecule has 2 rings (SSSR count). The van der Waals surface area contributed by atoms with Crippen LogP contribution in [0.4, 0.5) is 10.7 Å². The van der Waals surface area contributed by atoms with Gasteiger partial charge in [0, 0.05) is 24.0 Å². The molecule has 6 nitrogen and oxygen atoms in total. The van der Waals surface area contributed by atoms with Crippen LogP contribution in [0.15, 0.2) is 6.07 Å². The lowest BCUT2D eigenvalue weighted by Gasteiger charge is -2.41. The van der Waals surface area contributed by atoms with Crippen molar-refractivity contribution in [2.45, 2.75) is 45.5 Å². The molecule has 0 saturated carbocycles. The van der Waals surface area contributed by atoms with Crippen molar-refractivity contribution in [2.75, 3.05) is 18.0 Å². The van der Waals surface area contributed by atoms with E-state index in [0.29, 0.717) is 23.0 Å². The normalized spacial score (nSPS) is 23.6. The van der Waals surface area contributed by atoms with Crippen LogP contribution in [-0.4, -0.2) is 34.8 Å². The Morgan fingerprint density at radius 1 is 1.65 bits per heavy atom. The lowest BCUT2D eigenvalue weighted by Crippen LogP contribution is -2.51. The Morgan fingerprint density at radius 3 is 2.80 bits per heavy atom. The van der Waals surface area contributed by atoms with Crippen LogP contribution >= 0.6 is 11.3 Å². The van der Waals surface area contributed by atoms with Gasteiger partial charge in [0.25, 0.3) is 0 Å². The fraction of sp³-hybridized carbons (Fsp3) is 0.692. The van der Waals surface area contributed by atoms with E-state index < -0.39 is 6.10 Å². The quantitative estimate of drug-likeness (QED) is 0.686. The fourth-order valence-corrected chi connectivity index (χ4v) is 3.63. The predicted octanol–water partition coefficient (Wildman–Crippen LogP) is 2.71. The lowest BCUT2D eigenvalue weighted by molar-refractivity contribution is -0.383. The molecule has 0 bridgehead atoms. The minimum atomic E-state index is -0.695. The van der Waals surface area contributed by atoms with Crippen molar-refractivity contribution in [3.05, 3.63) is 21.1 Å². The summed E-state index contributed by atoms with van der Waals surface area (Å²) in [4.78, 5) is 13.4. The Morgan fingerprint density at radius 2 is 2.30 bits per heavy atom. The Labute approximate surface area is 122 Å². The molecule has 112 valence electrons. The molecule has 0 spiro atoms. The molecule has 1 N–H and O–H groups in total. The molecule has 20 heavy (non-hydrogen) atoms. The fourth-order valence-electron chi connectivity index (χ4n) is 2.56. The number of hydrogen-bond acceptors (Lipinski definition) is 6. The van der Waals surface area contributed by atoms with Crippen LogP contribution < -0.4 is 4.90 Å². The highest BCUT2D eigenvalue weighted by Gasteiger charge is 2.35. The SMILES string of the molecule is CC1CN(c2sc([C@@H](C)O)cc2[N+](=O)[O-])CC(C)(C)O1. The van der Waals surface area contributed by atoms with E-state index in [0.717, 1.165) is 0 Å². The molecule has 7 heteroatoms. The summed E-state index contributed by atoms with van der Waals surface area (Å²) in [6.07, 6.45) is -0.686. The van der Waals surface area contributed by atoms with E-state index in [9.17, 15) is 15.2 Å². The van der Waals surface area contributed by atoms with Gasteiger partial charge in [-0.15, -0.1) is 11.3 Å². The molecule has 1 aliphatic rings. The van der Waals surface area contributed by atoms with Crippen LogP contribution in [0.1, 0.15) is 38.7 Å². The first-order chi connectivity index (χ1) is 9.19. The minimum Gasteiger partial charge on any atom is -0.388 e. The van der Waals surface area contributed by atoms with Gasteiger partial charge < -0.3 is 14.7 Å². The molecule has 2 atom stereocenters. The van der Waals surface area contributed by atoms with Gasteiger partial charge in [-0.05, 0) is 27.7 Å². The van der Waals surface area contributed by atoms with E-state index in [4.69, 9.17) is 4.74 Å². The number of aliphatic hydroxyl groups excluding tert-OH is 1. The summed E-state index contributed by atoms with van der Waals surface area (Å²) in [5.41, 5.74) is -0.281. The molecule has 1 aliphatic heterocycles. The number of nitro groups is 1. The Kier molecular flexibility index (Phi) is 4.04. The molecule has 1 fully saturated rings. The number of anilines is 1. The molecule has 0 radical (unpaired) electrons. The van der Waals surface area contributed by atoms with E-state index in [1.165, 1.54) is 17.4 Å². The Hall–Kier alpha value is -1.18. The van der Waals surface area contributed by atoms with Crippen LogP contribution in [-0.2, 0) is 4.74 Å². The summed E-state index contributed by atoms with van der Waals surface area (Å²) < 4.78 is 5.82. The van der Waals surface area contributed by atoms with Crippen LogP contribution in [0.2, 0.25) is 0 Å². The number of thiophene rings is 1. The highest BCUT2D eigenvalue weighted by molar-refractivity contribution is 7.16. The first-order valence-corrected chi connectivity index (χ1v) is 7.40. The van der Waals surface area contributed by atoms with Gasteiger partial charge in [-0.2, -0.15) is 0 Å². The van der Waals surface area contributed by atoms with Gasteiger partial charge in [0.1, 0.15) is 0 Å². The highest BCUT2D eigenvalue weighted by Crippen LogP contribution is 2.41. The van der Waals surface area contributed by atoms with Gasteiger partial charge in [-0.1, -0.05) is 0 Å². The second-order valence-corrected chi connectivity index (χ2v) is 6.90. The van der Waals surface area contributed by atoms with Gasteiger partial charge in [-0.25, -0.2) is 0 Å². The van der Waals surface area contributed by atoms with Crippen molar-refractivity contribution in [3.63, 3.8) is 0 Å². The molecule has 1 aromatic rings. The van der Waals surface area contributed by atoms with Gasteiger partial charge in [-0.3, -0.25) is 10.1 Å². The molecule has 0 amide bonds. The van der Waals surface area contributed by atoms with E-state index in [-0.39, 0.29) is 22.3 Å². The van der Waals surface area contributed by atoms with Crippen molar-refractivity contribution < 1.29 is 14.8 Å². The summed E-state index contributed by atoms with van der Waals surface area (Å²) in [7, 11) is 0. The number of aliphatic hydroxyl groups is 1. The summed E-state index contributed by atoms with van der Waals surface area (Å²) in [5.74, 6) is 0. The monoisotopic (exact) mass is 300 g/mol.